The van der Waals surface area contributed by atoms with Crippen LogP contribution < -0.4 is 20.1 Å². The maximum Gasteiger partial charge on any atom is 0.272 e. The van der Waals surface area contributed by atoms with E-state index in [0.29, 0.717) is 41.0 Å². The van der Waals surface area contributed by atoms with Gasteiger partial charge in [0.05, 0.1) is 36.6 Å². The van der Waals surface area contributed by atoms with Crippen LogP contribution >= 0.6 is 0 Å². The summed E-state index contributed by atoms with van der Waals surface area (Å²) < 4.78 is 10.8. The molecular weight excluding hydrogens is 458 g/mol. The fourth-order valence-electron chi connectivity index (χ4n) is 5.09. The summed E-state index contributed by atoms with van der Waals surface area (Å²) in [5.41, 5.74) is 5.39. The van der Waals surface area contributed by atoms with Crippen LogP contribution in [0.3, 0.4) is 0 Å². The number of methoxy groups -OCH3 is 2. The van der Waals surface area contributed by atoms with Gasteiger partial charge in [-0.25, -0.2) is 0 Å². The van der Waals surface area contributed by atoms with E-state index >= 15 is 0 Å². The summed E-state index contributed by atoms with van der Waals surface area (Å²) >= 11 is 0. The highest BCUT2D eigenvalue weighted by atomic mass is 16.6. The summed E-state index contributed by atoms with van der Waals surface area (Å²) in [4.78, 5) is 25.0. The van der Waals surface area contributed by atoms with Crippen molar-refractivity contribution in [3.8, 4) is 11.5 Å². The first kappa shape index (κ1) is 23.4. The SMILES string of the molecule is COc1ccc(C2CC(=O)C3=C(C2)Nc2ccccc2NC3c2ccc(C)c([N+](=O)[O-])c2)cc1OC. The average molecular weight is 486 g/mol. The van der Waals surface area contributed by atoms with Gasteiger partial charge < -0.3 is 20.1 Å². The van der Waals surface area contributed by atoms with E-state index in [4.69, 9.17) is 9.47 Å². The van der Waals surface area contributed by atoms with Crippen molar-refractivity contribution in [3.63, 3.8) is 0 Å². The van der Waals surface area contributed by atoms with Crippen molar-refractivity contribution in [2.75, 3.05) is 24.9 Å². The number of nitro benzene ring substituents is 1. The molecule has 0 fully saturated rings. The number of rotatable bonds is 5. The fourth-order valence-corrected chi connectivity index (χ4v) is 5.09. The van der Waals surface area contributed by atoms with Gasteiger partial charge in [-0.2, -0.15) is 0 Å². The quantitative estimate of drug-likeness (QED) is 0.343. The highest BCUT2D eigenvalue weighted by Crippen LogP contribution is 2.45. The lowest BCUT2D eigenvalue weighted by molar-refractivity contribution is -0.385. The third-order valence-electron chi connectivity index (χ3n) is 6.95. The summed E-state index contributed by atoms with van der Waals surface area (Å²) in [6.45, 7) is 1.71. The topological polar surface area (TPSA) is 103 Å². The van der Waals surface area contributed by atoms with Gasteiger partial charge in [0.25, 0.3) is 5.69 Å². The second kappa shape index (κ2) is 9.37. The van der Waals surface area contributed by atoms with Crippen LogP contribution in [-0.2, 0) is 4.79 Å². The van der Waals surface area contributed by atoms with Gasteiger partial charge in [-0.05, 0) is 54.7 Å². The number of anilines is 2. The Bertz CT molecular complexity index is 1400. The molecule has 184 valence electrons. The molecule has 8 heteroatoms. The number of carbonyl (C=O) groups is 1. The minimum atomic E-state index is -0.519. The van der Waals surface area contributed by atoms with Gasteiger partial charge in [0, 0.05) is 29.3 Å². The van der Waals surface area contributed by atoms with E-state index in [2.05, 4.69) is 10.6 Å². The maximum absolute atomic E-state index is 13.7. The van der Waals surface area contributed by atoms with Gasteiger partial charge in [0.2, 0.25) is 0 Å². The predicted molar refractivity (Wildman–Crippen MR) is 138 cm³/mol. The number of allylic oxidation sites excluding steroid dienone is 1. The van der Waals surface area contributed by atoms with Gasteiger partial charge >= 0.3 is 0 Å². The number of aryl methyl sites for hydroxylation is 1. The molecule has 3 aromatic rings. The Morgan fingerprint density at radius 1 is 0.917 bits per heavy atom. The van der Waals surface area contributed by atoms with E-state index < -0.39 is 6.04 Å². The van der Waals surface area contributed by atoms with E-state index in [1.807, 2.05) is 48.5 Å². The minimum Gasteiger partial charge on any atom is -0.493 e. The number of hydrogen-bond acceptors (Lipinski definition) is 7. The normalized spacial score (nSPS) is 18.8. The highest BCUT2D eigenvalue weighted by molar-refractivity contribution is 6.01. The molecule has 36 heavy (non-hydrogen) atoms. The zero-order chi connectivity index (χ0) is 25.4. The molecule has 8 nitrogen and oxygen atoms in total. The molecule has 0 bridgehead atoms. The fraction of sp³-hybridized carbons (Fsp3) is 0.250. The molecule has 2 unspecified atom stereocenters. The first-order valence-electron chi connectivity index (χ1n) is 11.7. The zero-order valence-electron chi connectivity index (χ0n) is 20.3. The van der Waals surface area contributed by atoms with Crippen molar-refractivity contribution >= 4 is 22.8 Å². The van der Waals surface area contributed by atoms with Crippen LogP contribution in [0.1, 0.15) is 41.5 Å². The molecule has 0 amide bonds. The van der Waals surface area contributed by atoms with Crippen LogP contribution in [-0.4, -0.2) is 24.9 Å². The first-order chi connectivity index (χ1) is 17.4. The monoisotopic (exact) mass is 485 g/mol. The highest BCUT2D eigenvalue weighted by Gasteiger charge is 2.36. The largest absolute Gasteiger partial charge is 0.493 e. The van der Waals surface area contributed by atoms with E-state index in [9.17, 15) is 14.9 Å². The molecule has 3 aromatic carbocycles. The molecule has 1 heterocycles. The number of nitrogens with one attached hydrogen (secondary N) is 2. The van der Waals surface area contributed by atoms with Crippen molar-refractivity contribution in [2.45, 2.75) is 31.7 Å². The number of hydrogen-bond donors (Lipinski definition) is 2. The van der Waals surface area contributed by atoms with Crippen LogP contribution in [0.25, 0.3) is 0 Å². The molecule has 1 aliphatic heterocycles. The second-order valence-electron chi connectivity index (χ2n) is 9.09. The second-order valence-corrected chi connectivity index (χ2v) is 9.09. The van der Waals surface area contributed by atoms with E-state index in [1.165, 1.54) is 0 Å². The molecule has 5 rings (SSSR count). The number of ketones is 1. The Morgan fingerprint density at radius 2 is 1.64 bits per heavy atom. The lowest BCUT2D eigenvalue weighted by atomic mass is 9.78. The van der Waals surface area contributed by atoms with Crippen molar-refractivity contribution < 1.29 is 19.2 Å². The van der Waals surface area contributed by atoms with Gasteiger partial charge in [0.15, 0.2) is 17.3 Å². The number of para-hydroxylation sites is 2. The number of fused-ring (bicyclic) bond motifs is 1. The standard InChI is InChI=1S/C28H27N3O5/c1-16-8-9-18(13-23(16)31(33)34)28-27-22(29-20-6-4-5-7-21(20)30-28)12-19(14-24(27)32)17-10-11-25(35-2)26(15-17)36-3/h4-11,13,15,19,28-30H,12,14H2,1-3H3. The summed E-state index contributed by atoms with van der Waals surface area (Å²) in [7, 11) is 3.18. The summed E-state index contributed by atoms with van der Waals surface area (Å²) in [5.74, 6) is 1.20. The summed E-state index contributed by atoms with van der Waals surface area (Å²) in [6, 6.07) is 18.1. The molecule has 0 saturated carbocycles. The van der Waals surface area contributed by atoms with Crippen LogP contribution in [0.2, 0.25) is 0 Å². The van der Waals surface area contributed by atoms with E-state index in [0.717, 1.165) is 22.6 Å². The van der Waals surface area contributed by atoms with E-state index in [-0.39, 0.29) is 22.3 Å². The molecule has 1 aliphatic carbocycles. The lowest BCUT2D eigenvalue weighted by Crippen LogP contribution is -2.27. The minimum absolute atomic E-state index is 0.00271. The smallest absolute Gasteiger partial charge is 0.272 e. The van der Waals surface area contributed by atoms with Crippen LogP contribution in [0, 0.1) is 17.0 Å². The van der Waals surface area contributed by atoms with Crippen molar-refractivity contribution in [2.24, 2.45) is 0 Å². The molecule has 0 radical (unpaired) electrons. The molecule has 0 aromatic heterocycles. The van der Waals surface area contributed by atoms with Gasteiger partial charge in [-0.1, -0.05) is 30.3 Å². The molecule has 2 atom stereocenters. The number of benzene rings is 3. The Kier molecular flexibility index (Phi) is 6.10. The van der Waals surface area contributed by atoms with Crippen molar-refractivity contribution in [1.82, 2.24) is 0 Å². The maximum atomic E-state index is 13.7. The molecule has 0 spiro atoms. The van der Waals surface area contributed by atoms with Crippen LogP contribution in [0.5, 0.6) is 11.5 Å². The number of carbonyl (C=O) groups excluding carboxylic acids is 1. The predicted octanol–water partition coefficient (Wildman–Crippen LogP) is 5.90. The molecular formula is C28H27N3O5. The Hall–Kier alpha value is -4.33. The Morgan fingerprint density at radius 3 is 2.36 bits per heavy atom. The molecule has 2 aliphatic rings. The van der Waals surface area contributed by atoms with Gasteiger partial charge in [-0.3, -0.25) is 14.9 Å². The molecule has 0 saturated heterocycles. The van der Waals surface area contributed by atoms with E-state index in [1.54, 1.807) is 33.3 Å². The molecule has 2 N–H and O–H groups in total. The summed E-state index contributed by atoms with van der Waals surface area (Å²) in [5, 5.41) is 18.6. The van der Waals surface area contributed by atoms with Gasteiger partial charge in [-0.15, -0.1) is 0 Å². The zero-order valence-corrected chi connectivity index (χ0v) is 20.3. The first-order valence-corrected chi connectivity index (χ1v) is 11.7. The van der Waals surface area contributed by atoms with Crippen molar-refractivity contribution in [3.05, 3.63) is 98.7 Å². The van der Waals surface area contributed by atoms with Crippen molar-refractivity contribution in [1.29, 1.82) is 0 Å². The average Bonchev–Trinajstić information content (AvgIpc) is 3.05. The number of nitro groups is 1. The number of ether oxygens (including phenoxy) is 2. The Balaban J connectivity index is 1.60. The number of Topliss-reactive ketones (excluding diaryl/α,β-unsaturated/α-hetero) is 1. The van der Waals surface area contributed by atoms with Gasteiger partial charge in [0.1, 0.15) is 0 Å². The van der Waals surface area contributed by atoms with Crippen LogP contribution in [0.4, 0.5) is 17.1 Å². The lowest BCUT2D eigenvalue weighted by Gasteiger charge is -2.30. The third kappa shape index (κ3) is 4.15. The summed E-state index contributed by atoms with van der Waals surface area (Å²) in [6.07, 6.45) is 0.926. The third-order valence-corrected chi connectivity index (χ3v) is 6.95. The number of nitrogens with zero attached hydrogens (tertiary/aromatic N) is 1. The van der Waals surface area contributed by atoms with Crippen LogP contribution in [0.15, 0.2) is 71.9 Å². The Labute approximate surface area is 209 Å².